The summed E-state index contributed by atoms with van der Waals surface area (Å²) in [5, 5.41) is 5.08. The fourth-order valence-electron chi connectivity index (χ4n) is 1.94. The van der Waals surface area contributed by atoms with Gasteiger partial charge < -0.3 is 5.32 Å². The second kappa shape index (κ2) is 3.45. The van der Waals surface area contributed by atoms with Gasteiger partial charge in [-0.15, -0.1) is 0 Å². The summed E-state index contributed by atoms with van der Waals surface area (Å²) >= 11 is 0. The second-order valence-electron chi connectivity index (χ2n) is 3.77. The first-order chi connectivity index (χ1) is 7.84. The highest BCUT2D eigenvalue weighted by Crippen LogP contribution is 2.27. The molecule has 0 spiro atoms. The first kappa shape index (κ1) is 9.09. The molecule has 3 rings (SSSR count). The Morgan fingerprint density at radius 1 is 1.12 bits per heavy atom. The van der Waals surface area contributed by atoms with Gasteiger partial charge in [-0.3, -0.25) is 9.79 Å². The number of hydrogen-bond acceptors (Lipinski definition) is 2. The molecule has 0 aliphatic carbocycles. The maximum atomic E-state index is 11.5. The SMILES string of the molecule is O=C1CN=Cc2ccc3ccccc3c2N1. The summed E-state index contributed by atoms with van der Waals surface area (Å²) < 4.78 is 0. The molecule has 1 aliphatic heterocycles. The van der Waals surface area contributed by atoms with E-state index in [1.54, 1.807) is 6.21 Å². The Morgan fingerprint density at radius 3 is 2.94 bits per heavy atom. The lowest BCUT2D eigenvalue weighted by atomic mass is 10.0. The number of amides is 1. The van der Waals surface area contributed by atoms with Crippen LogP contribution in [0.3, 0.4) is 0 Å². The number of nitrogens with zero attached hydrogens (tertiary/aromatic N) is 1. The summed E-state index contributed by atoms with van der Waals surface area (Å²) in [5.74, 6) is -0.0636. The number of rotatable bonds is 0. The predicted octanol–water partition coefficient (Wildman–Crippen LogP) is 2.21. The van der Waals surface area contributed by atoms with Crippen LogP contribution in [0, 0.1) is 0 Å². The Morgan fingerprint density at radius 2 is 2.00 bits per heavy atom. The highest BCUT2D eigenvalue weighted by molar-refractivity contribution is 6.11. The molecule has 78 valence electrons. The quantitative estimate of drug-likeness (QED) is 0.711. The van der Waals surface area contributed by atoms with Crippen LogP contribution in [0.5, 0.6) is 0 Å². The average Bonchev–Trinajstić information content (AvgIpc) is 2.50. The normalized spacial score (nSPS) is 14.4. The molecule has 0 bridgehead atoms. The molecule has 3 nitrogen and oxygen atoms in total. The van der Waals surface area contributed by atoms with Gasteiger partial charge in [0.1, 0.15) is 6.54 Å². The summed E-state index contributed by atoms with van der Waals surface area (Å²) in [6.45, 7) is 0.197. The van der Waals surface area contributed by atoms with Crippen molar-refractivity contribution in [1.82, 2.24) is 0 Å². The molecular weight excluding hydrogens is 200 g/mol. The molecule has 1 N–H and O–H groups in total. The van der Waals surface area contributed by atoms with Crippen LogP contribution in [0.15, 0.2) is 41.4 Å². The third-order valence-corrected chi connectivity index (χ3v) is 2.69. The molecule has 1 aliphatic rings. The van der Waals surface area contributed by atoms with Crippen molar-refractivity contribution in [3.05, 3.63) is 42.0 Å². The molecule has 3 heteroatoms. The van der Waals surface area contributed by atoms with Crippen molar-refractivity contribution in [1.29, 1.82) is 0 Å². The van der Waals surface area contributed by atoms with E-state index in [4.69, 9.17) is 0 Å². The molecule has 2 aromatic carbocycles. The van der Waals surface area contributed by atoms with Crippen LogP contribution in [0.4, 0.5) is 5.69 Å². The summed E-state index contributed by atoms with van der Waals surface area (Å²) in [6, 6.07) is 12.0. The third-order valence-electron chi connectivity index (χ3n) is 2.69. The van der Waals surface area contributed by atoms with Gasteiger partial charge >= 0.3 is 0 Å². The monoisotopic (exact) mass is 210 g/mol. The maximum absolute atomic E-state index is 11.5. The van der Waals surface area contributed by atoms with Gasteiger partial charge in [0.25, 0.3) is 0 Å². The molecule has 1 amide bonds. The van der Waals surface area contributed by atoms with E-state index in [2.05, 4.69) is 10.3 Å². The molecule has 0 unspecified atom stereocenters. The minimum absolute atomic E-state index is 0.0636. The van der Waals surface area contributed by atoms with Crippen molar-refractivity contribution < 1.29 is 4.79 Å². The Bertz CT molecular complexity index is 602. The van der Waals surface area contributed by atoms with Crippen molar-refractivity contribution in [3.8, 4) is 0 Å². The number of carbonyl (C=O) groups excluding carboxylic acids is 1. The molecular formula is C13H10N2O. The van der Waals surface area contributed by atoms with Gasteiger partial charge in [0.2, 0.25) is 5.91 Å². The Kier molecular flexibility index (Phi) is 1.96. The maximum Gasteiger partial charge on any atom is 0.246 e. The summed E-state index contributed by atoms with van der Waals surface area (Å²) in [6.07, 6.45) is 1.75. The molecule has 0 saturated heterocycles. The molecule has 0 aromatic heterocycles. The van der Waals surface area contributed by atoms with Gasteiger partial charge in [-0.25, -0.2) is 0 Å². The van der Waals surface area contributed by atoms with Crippen LogP contribution in [-0.4, -0.2) is 18.7 Å². The van der Waals surface area contributed by atoms with E-state index in [9.17, 15) is 4.79 Å². The van der Waals surface area contributed by atoms with Crippen LogP contribution in [0.25, 0.3) is 10.8 Å². The fraction of sp³-hybridized carbons (Fsp3) is 0.0769. The third kappa shape index (κ3) is 1.37. The van der Waals surface area contributed by atoms with Crippen LogP contribution >= 0.6 is 0 Å². The van der Waals surface area contributed by atoms with Gasteiger partial charge in [-0.05, 0) is 5.39 Å². The topological polar surface area (TPSA) is 41.5 Å². The van der Waals surface area contributed by atoms with E-state index in [1.807, 2.05) is 36.4 Å². The van der Waals surface area contributed by atoms with Crippen molar-refractivity contribution in [2.75, 3.05) is 11.9 Å². The highest BCUT2D eigenvalue weighted by Gasteiger charge is 2.11. The largest absolute Gasteiger partial charge is 0.323 e. The van der Waals surface area contributed by atoms with Gasteiger partial charge in [0.05, 0.1) is 5.69 Å². The Hall–Kier alpha value is -2.16. The highest BCUT2D eigenvalue weighted by atomic mass is 16.1. The average molecular weight is 210 g/mol. The lowest BCUT2D eigenvalue weighted by Gasteiger charge is -2.08. The Balaban J connectivity index is 2.33. The number of carbonyl (C=O) groups is 1. The van der Waals surface area contributed by atoms with E-state index in [0.717, 1.165) is 22.0 Å². The minimum atomic E-state index is -0.0636. The molecule has 1 heterocycles. The van der Waals surface area contributed by atoms with Gasteiger partial charge in [0.15, 0.2) is 0 Å². The van der Waals surface area contributed by atoms with Crippen LogP contribution < -0.4 is 5.32 Å². The smallest absolute Gasteiger partial charge is 0.246 e. The molecule has 2 aromatic rings. The Labute approximate surface area is 92.8 Å². The van der Waals surface area contributed by atoms with E-state index in [-0.39, 0.29) is 12.5 Å². The van der Waals surface area contributed by atoms with Gasteiger partial charge in [-0.1, -0.05) is 36.4 Å². The molecule has 16 heavy (non-hydrogen) atoms. The summed E-state index contributed by atoms with van der Waals surface area (Å²) in [5.41, 5.74) is 1.83. The van der Waals surface area contributed by atoms with E-state index < -0.39 is 0 Å². The number of aliphatic imine (C=N–C) groups is 1. The van der Waals surface area contributed by atoms with Crippen molar-refractivity contribution in [2.24, 2.45) is 4.99 Å². The summed E-state index contributed by atoms with van der Waals surface area (Å²) in [4.78, 5) is 15.5. The lowest BCUT2D eigenvalue weighted by Crippen LogP contribution is -2.13. The molecule has 0 fully saturated rings. The fourth-order valence-corrected chi connectivity index (χ4v) is 1.94. The number of anilines is 1. The predicted molar refractivity (Wildman–Crippen MR) is 65.0 cm³/mol. The first-order valence-electron chi connectivity index (χ1n) is 5.16. The zero-order valence-electron chi connectivity index (χ0n) is 8.60. The second-order valence-corrected chi connectivity index (χ2v) is 3.77. The zero-order chi connectivity index (χ0) is 11.0. The van der Waals surface area contributed by atoms with Crippen molar-refractivity contribution in [3.63, 3.8) is 0 Å². The number of nitrogens with one attached hydrogen (secondary N) is 1. The van der Waals surface area contributed by atoms with Crippen LogP contribution in [-0.2, 0) is 4.79 Å². The number of benzene rings is 2. The van der Waals surface area contributed by atoms with Crippen molar-refractivity contribution in [2.45, 2.75) is 0 Å². The lowest BCUT2D eigenvalue weighted by molar-refractivity contribution is -0.114. The standard InChI is InChI=1S/C13H10N2O/c16-12-8-14-7-10-6-5-9-3-1-2-4-11(9)13(10)15-12/h1-7H,8H2,(H,15,16). The zero-order valence-corrected chi connectivity index (χ0v) is 8.60. The molecule has 0 atom stereocenters. The first-order valence-corrected chi connectivity index (χ1v) is 5.16. The van der Waals surface area contributed by atoms with E-state index >= 15 is 0 Å². The number of fused-ring (bicyclic) bond motifs is 3. The number of hydrogen-bond donors (Lipinski definition) is 1. The minimum Gasteiger partial charge on any atom is -0.323 e. The molecule has 0 radical (unpaired) electrons. The molecule has 0 saturated carbocycles. The van der Waals surface area contributed by atoms with Crippen LogP contribution in [0.1, 0.15) is 5.56 Å². The van der Waals surface area contributed by atoms with Gasteiger partial charge in [-0.2, -0.15) is 0 Å². The van der Waals surface area contributed by atoms with Gasteiger partial charge in [0, 0.05) is 17.2 Å². The summed E-state index contributed by atoms with van der Waals surface area (Å²) in [7, 11) is 0. The van der Waals surface area contributed by atoms with E-state index in [1.165, 1.54) is 0 Å². The van der Waals surface area contributed by atoms with Crippen molar-refractivity contribution >= 4 is 28.6 Å². The van der Waals surface area contributed by atoms with E-state index in [0.29, 0.717) is 0 Å². The van der Waals surface area contributed by atoms with Crippen LogP contribution in [0.2, 0.25) is 0 Å².